The summed E-state index contributed by atoms with van der Waals surface area (Å²) in [6.45, 7) is 5.16. The molecule has 0 unspecified atom stereocenters. The van der Waals surface area contributed by atoms with Gasteiger partial charge in [0, 0.05) is 30.2 Å². The summed E-state index contributed by atoms with van der Waals surface area (Å²) < 4.78 is 27.7. The van der Waals surface area contributed by atoms with Gasteiger partial charge in [-0.3, -0.25) is 9.10 Å². The molecule has 1 N–H and O–H groups in total. The minimum absolute atomic E-state index is 0.177. The van der Waals surface area contributed by atoms with Gasteiger partial charge < -0.3 is 9.88 Å². The Morgan fingerprint density at radius 2 is 1.73 bits per heavy atom. The van der Waals surface area contributed by atoms with Crippen LogP contribution in [-0.4, -0.2) is 31.2 Å². The molecule has 4 rings (SSSR count). The van der Waals surface area contributed by atoms with E-state index in [4.69, 9.17) is 0 Å². The third-order valence-corrected chi connectivity index (χ3v) is 7.38. The molecular weight excluding hydrogens is 398 g/mol. The zero-order valence-corrected chi connectivity index (χ0v) is 17.9. The van der Waals surface area contributed by atoms with Crippen LogP contribution in [0.15, 0.2) is 60.7 Å². The molecule has 1 amide bonds. The van der Waals surface area contributed by atoms with Crippen molar-refractivity contribution in [2.75, 3.05) is 21.9 Å². The number of carbonyl (C=O) groups is 1. The van der Waals surface area contributed by atoms with Crippen molar-refractivity contribution in [3.8, 4) is 0 Å². The fraction of sp³-hybridized carbons (Fsp3) is 0.261. The van der Waals surface area contributed by atoms with E-state index in [9.17, 15) is 13.2 Å². The number of nitrogens with one attached hydrogen (secondary N) is 1. The van der Waals surface area contributed by atoms with Gasteiger partial charge in [0.2, 0.25) is 10.0 Å². The van der Waals surface area contributed by atoms with Gasteiger partial charge in [-0.2, -0.15) is 0 Å². The number of aryl methyl sites for hydroxylation is 1. The van der Waals surface area contributed by atoms with Gasteiger partial charge in [0.15, 0.2) is 0 Å². The van der Waals surface area contributed by atoms with E-state index >= 15 is 0 Å². The molecule has 0 atom stereocenters. The maximum atomic E-state index is 12.9. The number of amides is 1. The second kappa shape index (κ2) is 7.99. The average molecular weight is 424 g/mol. The van der Waals surface area contributed by atoms with Crippen molar-refractivity contribution in [2.24, 2.45) is 0 Å². The molecule has 1 aromatic heterocycles. The summed E-state index contributed by atoms with van der Waals surface area (Å²) >= 11 is 0. The maximum absolute atomic E-state index is 12.9. The van der Waals surface area contributed by atoms with Crippen LogP contribution in [0.3, 0.4) is 0 Å². The van der Waals surface area contributed by atoms with Gasteiger partial charge in [0.25, 0.3) is 5.91 Å². The van der Waals surface area contributed by atoms with Gasteiger partial charge in [0.1, 0.15) is 0 Å². The lowest BCUT2D eigenvalue weighted by Gasteiger charge is -2.17. The molecule has 0 spiro atoms. The Morgan fingerprint density at radius 3 is 2.37 bits per heavy atom. The highest BCUT2D eigenvalue weighted by atomic mass is 32.2. The number of sulfonamides is 1. The second-order valence-electron chi connectivity index (χ2n) is 7.60. The molecule has 6 nitrogen and oxygen atoms in total. The minimum Gasteiger partial charge on any atom is -0.344 e. The zero-order valence-electron chi connectivity index (χ0n) is 17.1. The molecule has 1 fully saturated rings. The van der Waals surface area contributed by atoms with Crippen molar-refractivity contribution in [1.82, 2.24) is 4.57 Å². The fourth-order valence-electron chi connectivity index (χ4n) is 3.88. The Bertz CT molecular complexity index is 1170. The van der Waals surface area contributed by atoms with E-state index in [1.807, 2.05) is 38.1 Å². The van der Waals surface area contributed by atoms with E-state index in [0.29, 0.717) is 36.4 Å². The van der Waals surface area contributed by atoms with E-state index in [-0.39, 0.29) is 11.7 Å². The van der Waals surface area contributed by atoms with Crippen LogP contribution in [-0.2, 0) is 16.6 Å². The number of carbonyl (C=O) groups excluding carboxylic acids is 1. The maximum Gasteiger partial charge on any atom is 0.257 e. The summed E-state index contributed by atoms with van der Waals surface area (Å²) in [5.41, 5.74) is 5.01. The van der Waals surface area contributed by atoms with Crippen molar-refractivity contribution >= 4 is 27.3 Å². The Labute approximate surface area is 177 Å². The van der Waals surface area contributed by atoms with Gasteiger partial charge >= 0.3 is 0 Å². The highest BCUT2D eigenvalue weighted by Gasteiger charge is 2.28. The first kappa shape index (κ1) is 20.2. The molecule has 1 saturated heterocycles. The first-order valence-corrected chi connectivity index (χ1v) is 11.6. The van der Waals surface area contributed by atoms with Crippen LogP contribution >= 0.6 is 0 Å². The van der Waals surface area contributed by atoms with Crippen LogP contribution in [0.25, 0.3) is 0 Å². The quantitative estimate of drug-likeness (QED) is 0.676. The summed E-state index contributed by atoms with van der Waals surface area (Å²) in [5, 5.41) is 2.92. The van der Waals surface area contributed by atoms with Crippen molar-refractivity contribution < 1.29 is 13.2 Å². The highest BCUT2D eigenvalue weighted by Crippen LogP contribution is 2.26. The molecule has 0 aliphatic carbocycles. The first-order chi connectivity index (χ1) is 14.3. The molecule has 0 radical (unpaired) electrons. The molecule has 156 valence electrons. The van der Waals surface area contributed by atoms with E-state index < -0.39 is 10.0 Å². The van der Waals surface area contributed by atoms with Crippen molar-refractivity contribution in [3.05, 3.63) is 83.2 Å². The van der Waals surface area contributed by atoms with Gasteiger partial charge in [0.05, 0.1) is 17.0 Å². The van der Waals surface area contributed by atoms with Gasteiger partial charge in [-0.25, -0.2) is 8.42 Å². The Kier molecular flexibility index (Phi) is 5.39. The number of aromatic nitrogens is 1. The van der Waals surface area contributed by atoms with Gasteiger partial charge in [-0.05, 0) is 56.2 Å². The Hall–Kier alpha value is -3.06. The monoisotopic (exact) mass is 423 g/mol. The van der Waals surface area contributed by atoms with Gasteiger partial charge in [-0.15, -0.1) is 0 Å². The zero-order chi connectivity index (χ0) is 21.3. The molecule has 0 saturated carbocycles. The van der Waals surface area contributed by atoms with Gasteiger partial charge in [-0.1, -0.05) is 30.3 Å². The smallest absolute Gasteiger partial charge is 0.257 e. The number of anilines is 2. The Morgan fingerprint density at radius 1 is 1.03 bits per heavy atom. The summed E-state index contributed by atoms with van der Waals surface area (Å²) in [4.78, 5) is 12.9. The summed E-state index contributed by atoms with van der Waals surface area (Å²) in [6.07, 6.45) is 0.638. The largest absolute Gasteiger partial charge is 0.344 e. The molecular formula is C23H25N3O3S. The average Bonchev–Trinajstić information content (AvgIpc) is 3.22. The Balaban J connectivity index is 1.50. The standard InChI is InChI=1S/C23H25N3O3S/c1-17-15-22(18(2)25(17)16-19-7-4-3-5-8-19)23(27)24-20-9-11-21(12-10-20)26-13-6-14-30(26,28)29/h3-5,7-12,15H,6,13-14,16H2,1-2H3,(H,24,27). The van der Waals surface area contributed by atoms with E-state index in [0.717, 1.165) is 11.4 Å². The number of hydrogen-bond acceptors (Lipinski definition) is 3. The fourth-order valence-corrected chi connectivity index (χ4v) is 5.44. The summed E-state index contributed by atoms with van der Waals surface area (Å²) in [6, 6.07) is 19.0. The molecule has 7 heteroatoms. The van der Waals surface area contributed by atoms with Crippen LogP contribution in [0.2, 0.25) is 0 Å². The number of hydrogen-bond donors (Lipinski definition) is 1. The lowest BCUT2D eigenvalue weighted by atomic mass is 10.2. The van der Waals surface area contributed by atoms with E-state index in [1.54, 1.807) is 24.3 Å². The molecule has 1 aliphatic heterocycles. The minimum atomic E-state index is -3.21. The topological polar surface area (TPSA) is 71.4 Å². The lowest BCUT2D eigenvalue weighted by molar-refractivity contribution is 0.102. The third-order valence-electron chi connectivity index (χ3n) is 5.51. The predicted molar refractivity (Wildman–Crippen MR) is 120 cm³/mol. The molecule has 1 aliphatic rings. The lowest BCUT2D eigenvalue weighted by Crippen LogP contribution is -2.25. The van der Waals surface area contributed by atoms with Crippen molar-refractivity contribution in [1.29, 1.82) is 0 Å². The van der Waals surface area contributed by atoms with E-state index in [2.05, 4.69) is 22.0 Å². The van der Waals surface area contributed by atoms with Crippen LogP contribution in [0.1, 0.15) is 33.7 Å². The van der Waals surface area contributed by atoms with Crippen molar-refractivity contribution in [3.63, 3.8) is 0 Å². The molecule has 2 heterocycles. The number of benzene rings is 2. The van der Waals surface area contributed by atoms with Crippen LogP contribution in [0, 0.1) is 13.8 Å². The van der Waals surface area contributed by atoms with E-state index in [1.165, 1.54) is 9.87 Å². The normalized spacial score (nSPS) is 15.3. The number of nitrogens with zero attached hydrogens (tertiary/aromatic N) is 2. The predicted octanol–water partition coefficient (Wildman–Crippen LogP) is 3.95. The summed E-state index contributed by atoms with van der Waals surface area (Å²) in [5.74, 6) is 0.00772. The first-order valence-electron chi connectivity index (χ1n) is 9.97. The van der Waals surface area contributed by atoms with Crippen LogP contribution in [0.5, 0.6) is 0 Å². The van der Waals surface area contributed by atoms with Crippen molar-refractivity contribution in [2.45, 2.75) is 26.8 Å². The molecule has 2 aromatic carbocycles. The summed E-state index contributed by atoms with van der Waals surface area (Å²) in [7, 11) is -3.21. The van der Waals surface area contributed by atoms with Crippen LogP contribution < -0.4 is 9.62 Å². The SMILES string of the molecule is Cc1cc(C(=O)Nc2ccc(N3CCCS3(=O)=O)cc2)c(C)n1Cc1ccccc1. The van der Waals surface area contributed by atoms with Crippen LogP contribution in [0.4, 0.5) is 11.4 Å². The molecule has 0 bridgehead atoms. The molecule has 3 aromatic rings. The third kappa shape index (κ3) is 3.98. The molecule has 30 heavy (non-hydrogen) atoms. The second-order valence-corrected chi connectivity index (χ2v) is 9.61. The highest BCUT2D eigenvalue weighted by molar-refractivity contribution is 7.93. The number of rotatable bonds is 5.